The minimum Gasteiger partial charge on any atom is -0.368 e. The molecule has 5 nitrogen and oxygen atoms in total. The van der Waals surface area contributed by atoms with Crippen LogP contribution in [0, 0.1) is 12.7 Å². The van der Waals surface area contributed by atoms with E-state index >= 15 is 0 Å². The van der Waals surface area contributed by atoms with Gasteiger partial charge in [0.1, 0.15) is 5.82 Å². The molecule has 0 radical (unpaired) electrons. The zero-order chi connectivity index (χ0) is 22.0. The Balaban J connectivity index is 1.40. The summed E-state index contributed by atoms with van der Waals surface area (Å²) in [6.45, 7) is 4.50. The molecule has 1 aliphatic heterocycles. The monoisotopic (exact) mass is 457 g/mol. The van der Waals surface area contributed by atoms with Crippen molar-refractivity contribution in [3.05, 3.63) is 81.4 Å². The van der Waals surface area contributed by atoms with Gasteiger partial charge in [0.15, 0.2) is 0 Å². The van der Waals surface area contributed by atoms with Crippen LogP contribution in [0.15, 0.2) is 54.6 Å². The molecule has 0 saturated carbocycles. The van der Waals surface area contributed by atoms with Crippen molar-refractivity contribution in [3.8, 4) is 0 Å². The highest BCUT2D eigenvalue weighted by Crippen LogP contribution is 2.29. The van der Waals surface area contributed by atoms with E-state index in [0.717, 1.165) is 24.3 Å². The highest BCUT2D eigenvalue weighted by molar-refractivity contribution is 7.18. The number of carbonyl (C=O) groups is 2. The van der Waals surface area contributed by atoms with Crippen molar-refractivity contribution >= 4 is 45.4 Å². The van der Waals surface area contributed by atoms with Crippen molar-refractivity contribution in [1.29, 1.82) is 0 Å². The second-order valence-corrected chi connectivity index (χ2v) is 8.84. The van der Waals surface area contributed by atoms with E-state index in [0.29, 0.717) is 28.0 Å². The minimum atomic E-state index is -0.470. The fraction of sp³-hybridized carbons (Fsp3) is 0.217. The lowest BCUT2D eigenvalue weighted by molar-refractivity contribution is 0.0751. The Labute approximate surface area is 189 Å². The van der Waals surface area contributed by atoms with Crippen LogP contribution in [0.1, 0.15) is 25.6 Å². The normalized spacial score (nSPS) is 13.9. The van der Waals surface area contributed by atoms with Crippen LogP contribution >= 0.6 is 22.9 Å². The van der Waals surface area contributed by atoms with Crippen LogP contribution in [0.5, 0.6) is 0 Å². The van der Waals surface area contributed by atoms with Gasteiger partial charge in [-0.15, -0.1) is 11.3 Å². The Morgan fingerprint density at radius 3 is 2.48 bits per heavy atom. The molecule has 0 atom stereocenters. The van der Waals surface area contributed by atoms with Gasteiger partial charge in [-0.25, -0.2) is 4.39 Å². The molecule has 0 bridgehead atoms. The zero-order valence-corrected chi connectivity index (χ0v) is 18.5. The van der Waals surface area contributed by atoms with Crippen LogP contribution in [-0.4, -0.2) is 42.9 Å². The lowest BCUT2D eigenvalue weighted by atomic mass is 10.2. The number of anilines is 2. The first-order valence-corrected chi connectivity index (χ1v) is 11.1. The minimum absolute atomic E-state index is 0.0421. The van der Waals surface area contributed by atoms with Gasteiger partial charge in [0.2, 0.25) is 0 Å². The molecule has 2 aromatic carbocycles. The standard InChI is InChI=1S/C23H21ClFN3O2S/c1-15-12-20(26-22(29)16-4-2-6-18(25)13-16)31-21(15)23(30)28-10-8-27(9-11-28)19-7-3-5-17(24)14-19/h2-7,12-14H,8-11H2,1H3,(H,26,29). The molecule has 0 aliphatic carbocycles. The summed E-state index contributed by atoms with van der Waals surface area (Å²) in [6.07, 6.45) is 0. The maximum atomic E-state index is 13.4. The molecule has 160 valence electrons. The Kier molecular flexibility index (Phi) is 6.25. The summed E-state index contributed by atoms with van der Waals surface area (Å²) >= 11 is 7.33. The second-order valence-electron chi connectivity index (χ2n) is 7.35. The lowest BCUT2D eigenvalue weighted by Crippen LogP contribution is -2.48. The average Bonchev–Trinajstić information content (AvgIpc) is 3.13. The molecule has 2 amide bonds. The van der Waals surface area contributed by atoms with Crippen LogP contribution in [0.4, 0.5) is 15.1 Å². The molecular weight excluding hydrogens is 437 g/mol. The fourth-order valence-corrected chi connectivity index (χ4v) is 4.77. The summed E-state index contributed by atoms with van der Waals surface area (Å²) in [5.41, 5.74) is 2.09. The number of piperazine rings is 1. The van der Waals surface area contributed by atoms with E-state index in [2.05, 4.69) is 10.2 Å². The number of nitrogens with zero attached hydrogens (tertiary/aromatic N) is 2. The average molecular weight is 458 g/mol. The summed E-state index contributed by atoms with van der Waals surface area (Å²) in [5.74, 6) is -0.919. The number of carbonyl (C=O) groups excluding carboxylic acids is 2. The van der Waals surface area contributed by atoms with Gasteiger partial charge in [-0.1, -0.05) is 23.7 Å². The van der Waals surface area contributed by atoms with Gasteiger partial charge in [0, 0.05) is 42.5 Å². The topological polar surface area (TPSA) is 52.7 Å². The molecule has 1 aliphatic rings. The van der Waals surface area contributed by atoms with Crippen molar-refractivity contribution in [1.82, 2.24) is 4.90 Å². The molecule has 1 saturated heterocycles. The van der Waals surface area contributed by atoms with E-state index in [9.17, 15) is 14.0 Å². The SMILES string of the molecule is Cc1cc(NC(=O)c2cccc(F)c2)sc1C(=O)N1CCN(c2cccc(Cl)c2)CC1. The van der Waals surface area contributed by atoms with Crippen molar-refractivity contribution in [2.75, 3.05) is 36.4 Å². The maximum Gasteiger partial charge on any atom is 0.264 e. The van der Waals surface area contributed by atoms with E-state index < -0.39 is 11.7 Å². The van der Waals surface area contributed by atoms with Crippen LogP contribution in [0.25, 0.3) is 0 Å². The maximum absolute atomic E-state index is 13.4. The number of benzene rings is 2. The fourth-order valence-electron chi connectivity index (χ4n) is 3.55. The second kappa shape index (κ2) is 9.08. The molecule has 1 N–H and O–H groups in total. The number of rotatable bonds is 4. The third-order valence-corrected chi connectivity index (χ3v) is 6.55. The number of amides is 2. The third-order valence-electron chi connectivity index (χ3n) is 5.18. The highest BCUT2D eigenvalue weighted by Gasteiger charge is 2.25. The van der Waals surface area contributed by atoms with Crippen LogP contribution in [0.2, 0.25) is 5.02 Å². The lowest BCUT2D eigenvalue weighted by Gasteiger charge is -2.36. The van der Waals surface area contributed by atoms with E-state index in [4.69, 9.17) is 11.6 Å². The van der Waals surface area contributed by atoms with Crippen LogP contribution in [0.3, 0.4) is 0 Å². The van der Waals surface area contributed by atoms with Crippen molar-refractivity contribution in [2.45, 2.75) is 6.92 Å². The largest absolute Gasteiger partial charge is 0.368 e. The number of nitrogens with one attached hydrogen (secondary N) is 1. The van der Waals surface area contributed by atoms with Gasteiger partial charge in [-0.3, -0.25) is 9.59 Å². The van der Waals surface area contributed by atoms with Crippen LogP contribution in [-0.2, 0) is 0 Å². The number of halogens is 2. The van der Waals surface area contributed by atoms with Gasteiger partial charge < -0.3 is 15.1 Å². The van der Waals surface area contributed by atoms with Gasteiger partial charge in [-0.2, -0.15) is 0 Å². The van der Waals surface area contributed by atoms with Gasteiger partial charge in [-0.05, 0) is 55.0 Å². The quantitative estimate of drug-likeness (QED) is 0.595. The van der Waals surface area contributed by atoms with Crippen molar-refractivity contribution in [3.63, 3.8) is 0 Å². The molecule has 31 heavy (non-hydrogen) atoms. The number of thiophene rings is 1. The van der Waals surface area contributed by atoms with E-state index in [1.54, 1.807) is 12.1 Å². The van der Waals surface area contributed by atoms with E-state index in [-0.39, 0.29) is 11.5 Å². The smallest absolute Gasteiger partial charge is 0.264 e. The molecular formula is C23H21ClFN3O2S. The predicted molar refractivity (Wildman–Crippen MR) is 123 cm³/mol. The number of hydrogen-bond acceptors (Lipinski definition) is 4. The first-order chi connectivity index (χ1) is 14.9. The van der Waals surface area contributed by atoms with Crippen molar-refractivity contribution < 1.29 is 14.0 Å². The number of hydrogen-bond donors (Lipinski definition) is 1. The predicted octanol–water partition coefficient (Wildman–Crippen LogP) is 5.06. The summed E-state index contributed by atoms with van der Waals surface area (Å²) < 4.78 is 13.4. The van der Waals surface area contributed by atoms with E-state index in [1.165, 1.54) is 29.5 Å². The Hall–Kier alpha value is -2.90. The zero-order valence-electron chi connectivity index (χ0n) is 16.9. The summed E-state index contributed by atoms with van der Waals surface area (Å²) in [6, 6.07) is 15.0. The molecule has 0 unspecified atom stereocenters. The van der Waals surface area contributed by atoms with Gasteiger partial charge in [0.25, 0.3) is 11.8 Å². The first kappa shape index (κ1) is 21.3. The Morgan fingerprint density at radius 1 is 1.03 bits per heavy atom. The molecule has 2 heterocycles. The van der Waals surface area contributed by atoms with E-state index in [1.807, 2.05) is 36.1 Å². The summed E-state index contributed by atoms with van der Waals surface area (Å²) in [7, 11) is 0. The summed E-state index contributed by atoms with van der Waals surface area (Å²) in [4.78, 5) is 30.1. The van der Waals surface area contributed by atoms with Crippen molar-refractivity contribution in [2.24, 2.45) is 0 Å². The molecule has 1 fully saturated rings. The molecule has 4 rings (SSSR count). The van der Waals surface area contributed by atoms with Gasteiger partial charge >= 0.3 is 0 Å². The first-order valence-electron chi connectivity index (χ1n) is 9.88. The molecule has 8 heteroatoms. The number of aryl methyl sites for hydroxylation is 1. The summed E-state index contributed by atoms with van der Waals surface area (Å²) in [5, 5.41) is 4.02. The molecule has 0 spiro atoms. The van der Waals surface area contributed by atoms with Gasteiger partial charge in [0.05, 0.1) is 9.88 Å². The highest BCUT2D eigenvalue weighted by atomic mass is 35.5. The molecule has 1 aromatic heterocycles. The Morgan fingerprint density at radius 2 is 1.77 bits per heavy atom. The van der Waals surface area contributed by atoms with Crippen LogP contribution < -0.4 is 10.2 Å². The third kappa shape index (κ3) is 4.89. The Bertz CT molecular complexity index is 1130. The molecule has 3 aromatic rings.